The second-order valence-electron chi connectivity index (χ2n) is 3.25. The van der Waals surface area contributed by atoms with Gasteiger partial charge in [-0.2, -0.15) is 0 Å². The second-order valence-corrected chi connectivity index (χ2v) is 3.25. The minimum absolute atomic E-state index is 0.239. The van der Waals surface area contributed by atoms with Crippen molar-refractivity contribution >= 4 is 12.3 Å². The van der Waals surface area contributed by atoms with Crippen LogP contribution in [0.1, 0.15) is 5.56 Å². The second kappa shape index (κ2) is 3.96. The van der Waals surface area contributed by atoms with Crippen molar-refractivity contribution < 1.29 is 5.11 Å². The average Bonchev–Trinajstić information content (AvgIpc) is 2.30. The van der Waals surface area contributed by atoms with E-state index in [1.807, 2.05) is 30.3 Å². The zero-order valence-corrected chi connectivity index (χ0v) is 8.22. The molecule has 0 aliphatic carbocycles. The molecule has 1 N–H and O–H groups in total. The van der Waals surface area contributed by atoms with E-state index in [2.05, 4.69) is 11.6 Å². The fourth-order valence-corrected chi connectivity index (χ4v) is 1.33. The lowest BCUT2D eigenvalue weighted by molar-refractivity contribution is 0.507. The summed E-state index contributed by atoms with van der Waals surface area (Å²) in [5, 5.41) is 11.3. The Kier molecular flexibility index (Phi) is 2.50. The highest BCUT2D eigenvalue weighted by Crippen LogP contribution is 2.05. The molecule has 0 spiro atoms. The van der Waals surface area contributed by atoms with E-state index in [1.165, 1.54) is 0 Å². The van der Waals surface area contributed by atoms with E-state index < -0.39 is 0 Å². The minimum Gasteiger partial charge on any atom is -0.507 e. The van der Waals surface area contributed by atoms with Crippen LogP contribution in [0.4, 0.5) is 0 Å². The molecule has 74 valence electrons. The van der Waals surface area contributed by atoms with Gasteiger partial charge < -0.3 is 5.11 Å². The lowest BCUT2D eigenvalue weighted by Crippen LogP contribution is -2.13. The van der Waals surface area contributed by atoms with Gasteiger partial charge in [0.2, 0.25) is 0 Å². The van der Waals surface area contributed by atoms with E-state index in [1.54, 1.807) is 18.3 Å². The van der Waals surface area contributed by atoms with Gasteiger partial charge in [0.15, 0.2) is 0 Å². The first-order chi connectivity index (χ1) is 7.27. The summed E-state index contributed by atoms with van der Waals surface area (Å²) in [5.41, 5.74) is 0.788. The van der Waals surface area contributed by atoms with E-state index in [0.717, 1.165) is 5.56 Å². The average molecular weight is 197 g/mol. The molecule has 0 atom stereocenters. The molecular formula is C13H11NO. The first kappa shape index (κ1) is 9.46. The number of aliphatic hydroxyl groups excluding tert-OH is 1. The van der Waals surface area contributed by atoms with Gasteiger partial charge in [-0.25, -0.2) is 0 Å². The summed E-state index contributed by atoms with van der Waals surface area (Å²) in [4.78, 5) is 4.03. The molecule has 0 saturated heterocycles. The maximum Gasteiger partial charge on any atom is 0.131 e. The third-order valence-corrected chi connectivity index (χ3v) is 2.15. The molecule has 0 radical (unpaired) electrons. The Morgan fingerprint density at radius 3 is 2.40 bits per heavy atom. The maximum atomic E-state index is 9.94. The van der Waals surface area contributed by atoms with Crippen LogP contribution in [0.25, 0.3) is 12.3 Å². The van der Waals surface area contributed by atoms with Crippen LogP contribution in [0.15, 0.2) is 48.7 Å². The number of benzene rings is 1. The number of aromatic nitrogens is 1. The summed E-state index contributed by atoms with van der Waals surface area (Å²) < 4.78 is 0. The molecule has 0 aliphatic rings. The lowest BCUT2D eigenvalue weighted by Gasteiger charge is -1.98. The van der Waals surface area contributed by atoms with Gasteiger partial charge in [-0.1, -0.05) is 36.9 Å². The molecule has 0 bridgehead atoms. The SMILES string of the molecule is C=c1cc/c(=C(/O)c2ccccc2)cn1. The Labute approximate surface area is 87.9 Å². The Morgan fingerprint density at radius 1 is 1.07 bits per heavy atom. The Balaban J connectivity index is 2.60. The van der Waals surface area contributed by atoms with Gasteiger partial charge in [-0.15, -0.1) is 0 Å². The molecule has 0 saturated carbocycles. The van der Waals surface area contributed by atoms with Crippen molar-refractivity contribution in [2.45, 2.75) is 0 Å². The van der Waals surface area contributed by atoms with Crippen molar-refractivity contribution in [3.8, 4) is 0 Å². The van der Waals surface area contributed by atoms with Gasteiger partial charge in [0, 0.05) is 17.0 Å². The van der Waals surface area contributed by atoms with Crippen LogP contribution in [0.2, 0.25) is 0 Å². The standard InChI is InChI=1S/C13H11NO/c1-10-7-8-12(9-14-10)13(15)11-5-3-2-4-6-11/h2-9,15H,1H2/b13-12-. The zero-order chi connectivity index (χ0) is 10.7. The van der Waals surface area contributed by atoms with Gasteiger partial charge in [-0.3, -0.25) is 4.98 Å². The third kappa shape index (κ3) is 2.05. The van der Waals surface area contributed by atoms with Crippen molar-refractivity contribution in [2.24, 2.45) is 0 Å². The third-order valence-electron chi connectivity index (χ3n) is 2.15. The fourth-order valence-electron chi connectivity index (χ4n) is 1.33. The van der Waals surface area contributed by atoms with Crippen LogP contribution < -0.4 is 10.6 Å². The predicted octanol–water partition coefficient (Wildman–Crippen LogP) is 1.21. The normalized spacial score (nSPS) is 12.3. The molecule has 2 nitrogen and oxygen atoms in total. The smallest absolute Gasteiger partial charge is 0.131 e. The minimum atomic E-state index is 0.239. The topological polar surface area (TPSA) is 33.1 Å². The van der Waals surface area contributed by atoms with Gasteiger partial charge in [0.25, 0.3) is 0 Å². The van der Waals surface area contributed by atoms with Crippen LogP contribution in [0.3, 0.4) is 0 Å². The van der Waals surface area contributed by atoms with Crippen molar-refractivity contribution in [3.05, 3.63) is 64.8 Å². The highest BCUT2D eigenvalue weighted by Gasteiger charge is 1.97. The Morgan fingerprint density at radius 2 is 1.80 bits per heavy atom. The number of aliphatic hydroxyl groups is 1. The molecule has 0 fully saturated rings. The molecular weight excluding hydrogens is 186 g/mol. The Hall–Kier alpha value is -2.09. The van der Waals surface area contributed by atoms with E-state index in [-0.39, 0.29) is 5.76 Å². The molecule has 2 heteroatoms. The highest BCUT2D eigenvalue weighted by molar-refractivity contribution is 5.57. The molecule has 1 aromatic heterocycles. The summed E-state index contributed by atoms with van der Waals surface area (Å²) in [6.07, 6.45) is 1.62. The summed E-state index contributed by atoms with van der Waals surface area (Å²) in [5.74, 6) is 0.239. The quantitative estimate of drug-likeness (QED) is 0.745. The summed E-state index contributed by atoms with van der Waals surface area (Å²) in [6.45, 7) is 3.69. The van der Waals surface area contributed by atoms with Crippen LogP contribution in [-0.4, -0.2) is 10.1 Å². The van der Waals surface area contributed by atoms with E-state index in [4.69, 9.17) is 0 Å². The maximum absolute atomic E-state index is 9.94. The molecule has 2 aromatic rings. The largest absolute Gasteiger partial charge is 0.507 e. The predicted molar refractivity (Wildman–Crippen MR) is 60.6 cm³/mol. The number of nitrogens with zero attached hydrogens (tertiary/aromatic N) is 1. The molecule has 0 amide bonds. The molecule has 0 unspecified atom stereocenters. The molecule has 1 aromatic carbocycles. The highest BCUT2D eigenvalue weighted by atomic mass is 16.3. The van der Waals surface area contributed by atoms with E-state index in [9.17, 15) is 5.11 Å². The summed E-state index contributed by atoms with van der Waals surface area (Å²) >= 11 is 0. The lowest BCUT2D eigenvalue weighted by atomic mass is 10.1. The fraction of sp³-hybridized carbons (Fsp3) is 0. The Bertz CT molecular complexity index is 537. The number of hydrogen-bond acceptors (Lipinski definition) is 2. The van der Waals surface area contributed by atoms with Crippen molar-refractivity contribution in [1.29, 1.82) is 0 Å². The molecule has 1 heterocycles. The van der Waals surface area contributed by atoms with Gasteiger partial charge in [-0.05, 0) is 12.1 Å². The van der Waals surface area contributed by atoms with Crippen molar-refractivity contribution in [3.63, 3.8) is 0 Å². The summed E-state index contributed by atoms with van der Waals surface area (Å²) in [7, 11) is 0. The van der Waals surface area contributed by atoms with Crippen LogP contribution in [0.5, 0.6) is 0 Å². The van der Waals surface area contributed by atoms with Crippen molar-refractivity contribution in [2.75, 3.05) is 0 Å². The van der Waals surface area contributed by atoms with Gasteiger partial charge in [0.05, 0.1) is 5.35 Å². The van der Waals surface area contributed by atoms with Crippen LogP contribution in [0, 0.1) is 0 Å². The first-order valence-electron chi connectivity index (χ1n) is 4.67. The van der Waals surface area contributed by atoms with E-state index in [0.29, 0.717) is 10.6 Å². The zero-order valence-electron chi connectivity index (χ0n) is 8.22. The van der Waals surface area contributed by atoms with Gasteiger partial charge in [0.1, 0.15) is 5.76 Å². The molecule has 0 aliphatic heterocycles. The van der Waals surface area contributed by atoms with Gasteiger partial charge >= 0.3 is 0 Å². The van der Waals surface area contributed by atoms with Crippen molar-refractivity contribution in [1.82, 2.24) is 4.98 Å². The summed E-state index contributed by atoms with van der Waals surface area (Å²) in [6, 6.07) is 13.0. The molecule has 2 rings (SSSR count). The van der Waals surface area contributed by atoms with Crippen LogP contribution >= 0.6 is 0 Å². The van der Waals surface area contributed by atoms with E-state index >= 15 is 0 Å². The first-order valence-corrected chi connectivity index (χ1v) is 4.67. The molecule has 15 heavy (non-hydrogen) atoms. The van der Waals surface area contributed by atoms with Crippen LogP contribution in [-0.2, 0) is 0 Å². The number of pyridine rings is 1. The number of hydrogen-bond donors (Lipinski definition) is 1. The number of rotatable bonds is 1. The monoisotopic (exact) mass is 197 g/mol.